The topological polar surface area (TPSA) is 98.7 Å². The van der Waals surface area contributed by atoms with E-state index < -0.39 is 11.1 Å². The first-order valence-corrected chi connectivity index (χ1v) is 9.23. The maximum absolute atomic E-state index is 13.0. The Morgan fingerprint density at radius 1 is 0.958 bits per heavy atom. The van der Waals surface area contributed by atoms with Crippen LogP contribution in [0.25, 0.3) is 0 Å². The van der Waals surface area contributed by atoms with Crippen LogP contribution in [0.3, 0.4) is 0 Å². The van der Waals surface area contributed by atoms with Gasteiger partial charge in [-0.05, 0) is 32.1 Å². The molecule has 0 rings (SSSR count). The van der Waals surface area contributed by atoms with E-state index in [2.05, 4.69) is 10.6 Å². The molecule has 2 amide bonds. The van der Waals surface area contributed by atoms with Gasteiger partial charge in [0.25, 0.3) is 0 Å². The van der Waals surface area contributed by atoms with Crippen molar-refractivity contribution in [1.82, 2.24) is 10.6 Å². The summed E-state index contributed by atoms with van der Waals surface area (Å²) in [5.41, 5.74) is -2.60. The molecule has 0 spiro atoms. The molecule has 0 aromatic carbocycles. The number of hydrogen-bond donors (Lipinski definition) is 4. The van der Waals surface area contributed by atoms with Crippen LogP contribution in [0, 0.1) is 5.41 Å². The van der Waals surface area contributed by atoms with E-state index in [-0.39, 0.29) is 18.4 Å². The Morgan fingerprint density at radius 3 is 1.92 bits per heavy atom. The number of unbranched alkanes of at least 4 members (excludes halogenated alkanes) is 1. The van der Waals surface area contributed by atoms with Gasteiger partial charge in [0.05, 0.1) is 5.41 Å². The third kappa shape index (κ3) is 6.06. The fourth-order valence-corrected chi connectivity index (χ4v) is 3.49. The lowest BCUT2D eigenvalue weighted by Crippen LogP contribution is -2.65. The minimum atomic E-state index is -1.55. The lowest BCUT2D eigenvalue weighted by Gasteiger charge is -2.46. The van der Waals surface area contributed by atoms with E-state index in [4.69, 9.17) is 5.11 Å². The molecule has 0 aliphatic carbocycles. The van der Waals surface area contributed by atoms with Crippen LogP contribution in [0.5, 0.6) is 0 Å². The lowest BCUT2D eigenvalue weighted by atomic mass is 9.67. The molecule has 4 N–H and O–H groups in total. The molecule has 0 bridgehead atoms. The van der Waals surface area contributed by atoms with Crippen LogP contribution >= 0.6 is 0 Å². The highest BCUT2D eigenvalue weighted by atomic mass is 16.3. The zero-order valence-corrected chi connectivity index (χ0v) is 15.8. The normalized spacial score (nSPS) is 14.1. The fourth-order valence-electron chi connectivity index (χ4n) is 3.49. The van der Waals surface area contributed by atoms with Crippen molar-refractivity contribution in [2.24, 2.45) is 5.41 Å². The molecule has 0 fully saturated rings. The third-order valence-corrected chi connectivity index (χ3v) is 4.44. The van der Waals surface area contributed by atoms with E-state index in [1.165, 1.54) is 6.92 Å². The number of amides is 2. The zero-order valence-electron chi connectivity index (χ0n) is 15.8. The highest BCUT2D eigenvalue weighted by Crippen LogP contribution is 2.42. The van der Waals surface area contributed by atoms with Crippen molar-refractivity contribution in [3.8, 4) is 0 Å². The Balaban J connectivity index is 5.62. The summed E-state index contributed by atoms with van der Waals surface area (Å²) in [7, 11) is 0. The van der Waals surface area contributed by atoms with E-state index in [1.807, 2.05) is 20.8 Å². The molecule has 0 aromatic rings. The van der Waals surface area contributed by atoms with Crippen LogP contribution in [0.2, 0.25) is 0 Å². The van der Waals surface area contributed by atoms with Crippen LogP contribution in [0.15, 0.2) is 0 Å². The van der Waals surface area contributed by atoms with Gasteiger partial charge >= 0.3 is 0 Å². The summed E-state index contributed by atoms with van der Waals surface area (Å²) in [5.74, 6) is -0.551. The Hall–Kier alpha value is -1.14. The highest BCUT2D eigenvalue weighted by Gasteiger charge is 2.54. The minimum absolute atomic E-state index is 0.0938. The van der Waals surface area contributed by atoms with Gasteiger partial charge in [0.2, 0.25) is 11.8 Å². The summed E-state index contributed by atoms with van der Waals surface area (Å²) in [4.78, 5) is 24.7. The average Bonchev–Trinajstić information content (AvgIpc) is 2.50. The van der Waals surface area contributed by atoms with Gasteiger partial charge in [-0.25, -0.2) is 0 Å². The molecule has 142 valence electrons. The monoisotopic (exact) mass is 344 g/mol. The minimum Gasteiger partial charge on any atom is -0.396 e. The van der Waals surface area contributed by atoms with Crippen molar-refractivity contribution in [2.75, 3.05) is 13.2 Å². The molecule has 0 radical (unpaired) electrons. The second-order valence-electron chi connectivity index (χ2n) is 6.56. The molecular weight excluding hydrogens is 308 g/mol. The number of carbonyl (C=O) groups is 2. The van der Waals surface area contributed by atoms with Gasteiger partial charge in [0.15, 0.2) is 5.72 Å². The van der Waals surface area contributed by atoms with Gasteiger partial charge in [-0.1, -0.05) is 40.0 Å². The number of carbonyl (C=O) groups excluding carboxylic acids is 2. The summed E-state index contributed by atoms with van der Waals surface area (Å²) in [6.07, 6.45) is 4.77. The SMILES string of the molecule is CCCC(O)(NC(C)=O)C(CCC)(CCC)C(=O)NCCCCO. The molecule has 0 aromatic heterocycles. The van der Waals surface area contributed by atoms with Crippen molar-refractivity contribution in [1.29, 1.82) is 0 Å². The van der Waals surface area contributed by atoms with Gasteiger partial charge in [-0.3, -0.25) is 9.59 Å². The quantitative estimate of drug-likeness (QED) is 0.304. The maximum Gasteiger partial charge on any atom is 0.231 e. The van der Waals surface area contributed by atoms with Crippen molar-refractivity contribution in [3.63, 3.8) is 0 Å². The number of hydrogen-bond acceptors (Lipinski definition) is 4. The molecule has 6 nitrogen and oxygen atoms in total. The summed E-state index contributed by atoms with van der Waals surface area (Å²) in [6, 6.07) is 0. The average molecular weight is 344 g/mol. The molecule has 24 heavy (non-hydrogen) atoms. The van der Waals surface area contributed by atoms with Crippen LogP contribution in [-0.2, 0) is 9.59 Å². The number of nitrogens with one attached hydrogen (secondary N) is 2. The van der Waals surface area contributed by atoms with Crippen LogP contribution in [0.1, 0.15) is 79.1 Å². The van der Waals surface area contributed by atoms with E-state index in [0.717, 1.165) is 12.8 Å². The first-order valence-electron chi connectivity index (χ1n) is 9.23. The summed E-state index contributed by atoms with van der Waals surface area (Å²) >= 11 is 0. The first kappa shape index (κ1) is 22.9. The van der Waals surface area contributed by atoms with Crippen molar-refractivity contribution >= 4 is 11.8 Å². The number of rotatable bonds is 13. The Kier molecular flexibility index (Phi) is 10.9. The fraction of sp³-hybridized carbons (Fsp3) is 0.889. The van der Waals surface area contributed by atoms with Crippen LogP contribution in [0.4, 0.5) is 0 Å². The predicted molar refractivity (Wildman–Crippen MR) is 95.3 cm³/mol. The standard InChI is InChI=1S/C18H36N2O4/c1-5-10-17(11-6-2,16(23)19-13-8-9-14-21)18(24,12-7-3)20-15(4)22/h21,24H,5-14H2,1-4H3,(H,19,23)(H,20,22). The van der Waals surface area contributed by atoms with Gasteiger partial charge in [0, 0.05) is 20.1 Å². The Morgan fingerprint density at radius 2 is 1.50 bits per heavy atom. The van der Waals surface area contributed by atoms with Gasteiger partial charge < -0.3 is 20.8 Å². The van der Waals surface area contributed by atoms with Crippen molar-refractivity contribution < 1.29 is 19.8 Å². The molecule has 1 atom stereocenters. The third-order valence-electron chi connectivity index (χ3n) is 4.44. The molecular formula is C18H36N2O4. The lowest BCUT2D eigenvalue weighted by molar-refractivity contribution is -0.168. The molecule has 0 saturated carbocycles. The maximum atomic E-state index is 13.0. The predicted octanol–water partition coefficient (Wildman–Crippen LogP) is 2.09. The molecule has 0 aliphatic rings. The molecule has 0 aliphatic heterocycles. The van der Waals surface area contributed by atoms with Gasteiger partial charge in [-0.15, -0.1) is 0 Å². The zero-order chi connectivity index (χ0) is 18.6. The highest BCUT2D eigenvalue weighted by molar-refractivity contribution is 5.85. The van der Waals surface area contributed by atoms with Crippen molar-refractivity contribution in [2.45, 2.75) is 84.8 Å². The number of aliphatic hydroxyl groups is 2. The summed E-state index contributed by atoms with van der Waals surface area (Å²) < 4.78 is 0. The van der Waals surface area contributed by atoms with E-state index in [1.54, 1.807) is 0 Å². The summed E-state index contributed by atoms with van der Waals surface area (Å²) in [6.45, 7) is 7.79. The van der Waals surface area contributed by atoms with Crippen molar-refractivity contribution in [3.05, 3.63) is 0 Å². The first-order chi connectivity index (χ1) is 11.3. The van der Waals surface area contributed by atoms with E-state index in [9.17, 15) is 14.7 Å². The smallest absolute Gasteiger partial charge is 0.231 e. The van der Waals surface area contributed by atoms with Gasteiger partial charge in [0.1, 0.15) is 0 Å². The number of aliphatic hydroxyl groups excluding tert-OH is 1. The Labute approximate surface area is 146 Å². The molecule has 6 heteroatoms. The van der Waals surface area contributed by atoms with Crippen LogP contribution < -0.4 is 10.6 Å². The molecule has 1 unspecified atom stereocenters. The van der Waals surface area contributed by atoms with Gasteiger partial charge in [-0.2, -0.15) is 0 Å². The second kappa shape index (κ2) is 11.4. The van der Waals surface area contributed by atoms with E-state index >= 15 is 0 Å². The Bertz CT molecular complexity index is 381. The second-order valence-corrected chi connectivity index (χ2v) is 6.56. The largest absolute Gasteiger partial charge is 0.396 e. The van der Waals surface area contributed by atoms with E-state index in [0.29, 0.717) is 45.1 Å². The van der Waals surface area contributed by atoms with Crippen LogP contribution in [-0.4, -0.2) is 40.9 Å². The molecule has 0 saturated heterocycles. The summed E-state index contributed by atoms with van der Waals surface area (Å²) in [5, 5.41) is 25.7. The molecule has 0 heterocycles.